The molecule has 2 aliphatic heterocycles. The molecule has 7 rings (SSSR count). The van der Waals surface area contributed by atoms with E-state index in [9.17, 15) is 18.3 Å². The molecule has 1 saturated carbocycles. The maximum Gasteiger partial charge on any atom is 0.304 e. The number of rotatable bonds is 8. The topological polar surface area (TPSA) is 131 Å². The fraction of sp³-hybridized carbons (Fsp3) is 0.438. The molecule has 2 aromatic carbocycles. The van der Waals surface area contributed by atoms with E-state index in [-0.39, 0.29) is 30.0 Å². The van der Waals surface area contributed by atoms with E-state index >= 15 is 0 Å². The lowest BCUT2D eigenvalue weighted by Gasteiger charge is -2.36. The van der Waals surface area contributed by atoms with Gasteiger partial charge in [0.05, 0.1) is 12.5 Å². The van der Waals surface area contributed by atoms with Crippen molar-refractivity contribution >= 4 is 32.8 Å². The summed E-state index contributed by atoms with van der Waals surface area (Å²) in [5.41, 5.74) is 4.76. The number of piperidine rings is 1. The number of aromatic nitrogens is 4. The van der Waals surface area contributed by atoms with Crippen LogP contribution < -0.4 is 9.64 Å². The molecule has 44 heavy (non-hydrogen) atoms. The van der Waals surface area contributed by atoms with Gasteiger partial charge >= 0.3 is 5.97 Å². The Morgan fingerprint density at radius 3 is 2.75 bits per heavy atom. The molecule has 1 N–H and O–H groups in total. The third-order valence-corrected chi connectivity index (χ3v) is 10.9. The van der Waals surface area contributed by atoms with Gasteiger partial charge in [-0.15, -0.1) is 5.10 Å². The van der Waals surface area contributed by atoms with E-state index in [0.717, 1.165) is 66.4 Å². The van der Waals surface area contributed by atoms with Gasteiger partial charge in [-0.2, -0.15) is 4.31 Å². The molecular weight excluding hydrogens is 580 g/mol. The van der Waals surface area contributed by atoms with E-state index in [1.54, 1.807) is 27.3 Å². The van der Waals surface area contributed by atoms with Gasteiger partial charge in [-0.25, -0.2) is 18.1 Å². The summed E-state index contributed by atoms with van der Waals surface area (Å²) in [6.45, 7) is 3.29. The number of benzene rings is 2. The Kier molecular flexibility index (Phi) is 7.28. The summed E-state index contributed by atoms with van der Waals surface area (Å²) >= 11 is 0. The third-order valence-electron chi connectivity index (χ3n) is 9.09. The average Bonchev–Trinajstić information content (AvgIpc) is 3.76. The number of anilines is 1. The molecule has 12 heteroatoms. The molecule has 1 saturated heterocycles. The highest BCUT2D eigenvalue weighted by Gasteiger charge is 2.39. The molecular formula is C32H36N6O5S. The van der Waals surface area contributed by atoms with Crippen LogP contribution in [0.4, 0.5) is 5.82 Å². The highest BCUT2D eigenvalue weighted by atomic mass is 32.2. The van der Waals surface area contributed by atoms with Crippen LogP contribution in [-0.2, 0) is 28.4 Å². The second kappa shape index (κ2) is 11.2. The highest BCUT2D eigenvalue weighted by Crippen LogP contribution is 2.39. The van der Waals surface area contributed by atoms with E-state index in [2.05, 4.69) is 20.2 Å². The number of carboxylic acids is 1. The Bertz CT molecular complexity index is 1850. The SMILES string of the molecule is Cc1ccc([C@@H](CC(=O)O)c2cc(OC3CC3)c3c(c2)nnn3C)cc1CN1C[C@H]2CCCCN2c2ncccc2S1(=O)=O. The summed E-state index contributed by atoms with van der Waals surface area (Å²) in [4.78, 5) is 19.1. The van der Waals surface area contributed by atoms with E-state index in [1.807, 2.05) is 44.3 Å². The number of carbonyl (C=O) groups is 1. The van der Waals surface area contributed by atoms with Crippen LogP contribution in [0.25, 0.3) is 11.0 Å². The third kappa shape index (κ3) is 5.30. The number of aryl methyl sites for hydroxylation is 2. The molecule has 2 atom stereocenters. The monoisotopic (exact) mass is 616 g/mol. The number of hydrogen-bond donors (Lipinski definition) is 1. The molecule has 0 spiro atoms. The average molecular weight is 617 g/mol. The normalized spacial score (nSPS) is 20.5. The molecule has 11 nitrogen and oxygen atoms in total. The van der Waals surface area contributed by atoms with Crippen molar-refractivity contribution in [2.75, 3.05) is 18.0 Å². The summed E-state index contributed by atoms with van der Waals surface area (Å²) in [6.07, 6.45) is 6.57. The van der Waals surface area contributed by atoms with Gasteiger partial charge in [0.15, 0.2) is 0 Å². The van der Waals surface area contributed by atoms with E-state index in [4.69, 9.17) is 4.74 Å². The zero-order chi connectivity index (χ0) is 30.6. The summed E-state index contributed by atoms with van der Waals surface area (Å²) in [5, 5.41) is 18.5. The minimum absolute atomic E-state index is 0.0431. The molecule has 4 heterocycles. The zero-order valence-corrected chi connectivity index (χ0v) is 25.7. The van der Waals surface area contributed by atoms with Crippen molar-refractivity contribution in [1.82, 2.24) is 24.3 Å². The maximum absolute atomic E-state index is 14.1. The van der Waals surface area contributed by atoms with Crippen molar-refractivity contribution in [2.45, 2.75) is 75.0 Å². The van der Waals surface area contributed by atoms with Crippen molar-refractivity contribution < 1.29 is 23.1 Å². The molecule has 0 unspecified atom stereocenters. The summed E-state index contributed by atoms with van der Waals surface area (Å²) in [6, 6.07) is 13.0. The molecule has 0 radical (unpaired) electrons. The molecule has 3 aliphatic rings. The van der Waals surface area contributed by atoms with Crippen LogP contribution in [0.3, 0.4) is 0 Å². The van der Waals surface area contributed by atoms with E-state index in [1.165, 1.54) is 0 Å². The first-order valence-corrected chi connectivity index (χ1v) is 16.7. The van der Waals surface area contributed by atoms with Crippen molar-refractivity contribution in [3.63, 3.8) is 0 Å². The van der Waals surface area contributed by atoms with Crippen LogP contribution in [-0.4, -0.2) is 69.0 Å². The first-order chi connectivity index (χ1) is 21.2. The predicted molar refractivity (Wildman–Crippen MR) is 164 cm³/mol. The van der Waals surface area contributed by atoms with Crippen LogP contribution in [0.1, 0.15) is 66.7 Å². The Labute approximate surface area is 256 Å². The smallest absolute Gasteiger partial charge is 0.304 e. The van der Waals surface area contributed by atoms with Gasteiger partial charge in [0, 0.05) is 44.8 Å². The number of pyridine rings is 1. The molecule has 0 bridgehead atoms. The van der Waals surface area contributed by atoms with Crippen molar-refractivity contribution in [1.29, 1.82) is 0 Å². The van der Waals surface area contributed by atoms with Gasteiger partial charge in [0.1, 0.15) is 27.5 Å². The second-order valence-corrected chi connectivity index (χ2v) is 14.1. The molecule has 230 valence electrons. The number of aliphatic carboxylic acids is 1. The van der Waals surface area contributed by atoms with Gasteiger partial charge in [0.25, 0.3) is 0 Å². The molecule has 0 amide bonds. The highest BCUT2D eigenvalue weighted by molar-refractivity contribution is 7.89. The number of sulfonamides is 1. The molecule has 2 fully saturated rings. The van der Waals surface area contributed by atoms with E-state index in [0.29, 0.717) is 23.6 Å². The summed E-state index contributed by atoms with van der Waals surface area (Å²) < 4.78 is 37.6. The fourth-order valence-corrected chi connectivity index (χ4v) is 8.20. The first kappa shape index (κ1) is 28.7. The summed E-state index contributed by atoms with van der Waals surface area (Å²) in [5.74, 6) is -0.248. The lowest BCUT2D eigenvalue weighted by Crippen LogP contribution is -2.45. The molecule has 1 aliphatic carbocycles. The predicted octanol–water partition coefficient (Wildman–Crippen LogP) is 4.38. The Morgan fingerprint density at radius 2 is 1.95 bits per heavy atom. The minimum Gasteiger partial charge on any atom is -0.488 e. The van der Waals surface area contributed by atoms with Crippen LogP contribution in [0.2, 0.25) is 0 Å². The number of carboxylic acid groups (broad SMARTS) is 1. The van der Waals surface area contributed by atoms with Gasteiger partial charge in [-0.05, 0) is 85.5 Å². The van der Waals surface area contributed by atoms with Gasteiger partial charge in [-0.1, -0.05) is 23.4 Å². The Hall–Kier alpha value is -4.03. The first-order valence-electron chi connectivity index (χ1n) is 15.2. The lowest BCUT2D eigenvalue weighted by atomic mass is 9.86. The van der Waals surface area contributed by atoms with E-state index < -0.39 is 21.9 Å². The fourth-order valence-electron chi connectivity index (χ4n) is 6.59. The number of nitrogens with zero attached hydrogens (tertiary/aromatic N) is 6. The standard InChI is InChI=1S/C32H36N6O5S/c1-20-8-9-21(26(17-30(39)40)22-15-27-31(36(2)35-34-27)28(16-22)43-25-10-11-25)14-23(20)18-37-19-24-6-3-4-13-38(24)32-29(44(37,41)42)7-5-12-33-32/h5,7-9,12,14-16,24-26H,3-4,6,10-11,13,17-19H2,1-2H3,(H,39,40)/t24-,26-/m1/s1. The van der Waals surface area contributed by atoms with Gasteiger partial charge < -0.3 is 14.7 Å². The quantitative estimate of drug-likeness (QED) is 0.306. The lowest BCUT2D eigenvalue weighted by molar-refractivity contribution is -0.137. The van der Waals surface area contributed by atoms with Crippen molar-refractivity contribution in [2.24, 2.45) is 7.05 Å². The Balaban J connectivity index is 1.27. The summed E-state index contributed by atoms with van der Waals surface area (Å²) in [7, 11) is -2.02. The van der Waals surface area contributed by atoms with Crippen LogP contribution in [0.15, 0.2) is 53.6 Å². The zero-order valence-electron chi connectivity index (χ0n) is 24.9. The van der Waals surface area contributed by atoms with Gasteiger partial charge in [-0.3, -0.25) is 4.79 Å². The van der Waals surface area contributed by atoms with Crippen LogP contribution >= 0.6 is 0 Å². The van der Waals surface area contributed by atoms with Crippen molar-refractivity contribution in [3.05, 3.63) is 70.9 Å². The van der Waals surface area contributed by atoms with Crippen molar-refractivity contribution in [3.8, 4) is 5.75 Å². The van der Waals surface area contributed by atoms with Crippen LogP contribution in [0.5, 0.6) is 5.75 Å². The minimum atomic E-state index is -3.83. The maximum atomic E-state index is 14.1. The second-order valence-electron chi connectivity index (χ2n) is 12.2. The Morgan fingerprint density at radius 1 is 1.11 bits per heavy atom. The largest absolute Gasteiger partial charge is 0.488 e. The van der Waals surface area contributed by atoms with Gasteiger partial charge in [0.2, 0.25) is 10.0 Å². The molecule has 2 aromatic heterocycles. The number of fused-ring (bicyclic) bond motifs is 4. The van der Waals surface area contributed by atoms with Crippen LogP contribution in [0, 0.1) is 6.92 Å². The number of ether oxygens (including phenoxy) is 1. The number of hydrogen-bond acceptors (Lipinski definition) is 8. The molecule has 4 aromatic rings.